The van der Waals surface area contributed by atoms with Crippen LogP contribution < -0.4 is 0 Å². The fraction of sp³-hybridized carbons (Fsp3) is 0.233. The number of alkyl halides is 1. The van der Waals surface area contributed by atoms with Crippen LogP contribution in [0.3, 0.4) is 0 Å². The molecular formula is C30H29Cl2N3O2. The summed E-state index contributed by atoms with van der Waals surface area (Å²) >= 11 is 12.4. The molecule has 0 saturated heterocycles. The van der Waals surface area contributed by atoms with Crippen molar-refractivity contribution in [2.75, 3.05) is 0 Å². The maximum Gasteiger partial charge on any atom is 0.150 e. The van der Waals surface area contributed by atoms with Gasteiger partial charge in [0.2, 0.25) is 0 Å². The molecule has 0 aliphatic heterocycles. The lowest BCUT2D eigenvalue weighted by Gasteiger charge is -2.10. The number of carbonyl (C=O) groups is 1. The number of benzene rings is 2. The number of halogens is 2. The third-order valence-electron chi connectivity index (χ3n) is 6.13. The van der Waals surface area contributed by atoms with Crippen LogP contribution in [0, 0.1) is 13.8 Å². The minimum atomic E-state index is -0.123. The largest absolute Gasteiger partial charge is 0.361 e. The quantitative estimate of drug-likeness (QED) is 0.160. The van der Waals surface area contributed by atoms with Crippen LogP contribution >= 0.6 is 23.2 Å². The van der Waals surface area contributed by atoms with Crippen molar-refractivity contribution in [2.45, 2.75) is 46.0 Å². The van der Waals surface area contributed by atoms with Gasteiger partial charge < -0.3 is 4.52 Å². The third kappa shape index (κ3) is 6.48. The fourth-order valence-corrected chi connectivity index (χ4v) is 4.72. The van der Waals surface area contributed by atoms with E-state index in [0.717, 1.165) is 57.0 Å². The molecule has 7 heteroatoms. The van der Waals surface area contributed by atoms with Crippen LogP contribution in [-0.2, 0) is 6.54 Å². The summed E-state index contributed by atoms with van der Waals surface area (Å²) in [6.45, 7) is 8.34. The molecule has 0 N–H and O–H groups in total. The molecule has 0 aliphatic carbocycles. The van der Waals surface area contributed by atoms with Crippen LogP contribution in [0.25, 0.3) is 28.0 Å². The molecule has 0 aliphatic rings. The molecule has 0 saturated carbocycles. The SMILES string of the molecule is C/C(=C\C/C(Cl)=C\C(C)Cl)c1cc(-c2cccc(-c3c(C)noc3C)c2)n(Cc2ccc(C=O)cc2)n1. The van der Waals surface area contributed by atoms with E-state index in [1.54, 1.807) is 0 Å². The summed E-state index contributed by atoms with van der Waals surface area (Å²) < 4.78 is 7.39. The first-order valence-electron chi connectivity index (χ1n) is 12.1. The summed E-state index contributed by atoms with van der Waals surface area (Å²) in [7, 11) is 0. The molecule has 4 aromatic rings. The number of rotatable bonds is 9. The summed E-state index contributed by atoms with van der Waals surface area (Å²) in [5.74, 6) is 0.786. The first-order valence-corrected chi connectivity index (χ1v) is 12.9. The zero-order chi connectivity index (χ0) is 26.5. The number of nitrogens with zero attached hydrogens (tertiary/aromatic N) is 3. The van der Waals surface area contributed by atoms with E-state index in [-0.39, 0.29) is 5.38 Å². The summed E-state index contributed by atoms with van der Waals surface area (Å²) in [6.07, 6.45) is 5.33. The Labute approximate surface area is 227 Å². The van der Waals surface area contributed by atoms with Gasteiger partial charge >= 0.3 is 0 Å². The molecule has 0 amide bonds. The summed E-state index contributed by atoms with van der Waals surface area (Å²) in [5.41, 5.74) is 8.49. The second kappa shape index (κ2) is 11.8. The Hall–Kier alpha value is -3.41. The lowest BCUT2D eigenvalue weighted by atomic mass is 10.00. The van der Waals surface area contributed by atoms with Gasteiger partial charge in [-0.2, -0.15) is 5.10 Å². The first kappa shape index (κ1) is 26.6. The molecule has 0 bridgehead atoms. The number of hydrogen-bond acceptors (Lipinski definition) is 4. The van der Waals surface area contributed by atoms with E-state index < -0.39 is 0 Å². The smallest absolute Gasteiger partial charge is 0.150 e. The molecule has 1 unspecified atom stereocenters. The van der Waals surface area contributed by atoms with E-state index in [1.165, 1.54) is 0 Å². The van der Waals surface area contributed by atoms with Crippen molar-refractivity contribution < 1.29 is 9.32 Å². The number of aldehydes is 1. The number of hydrogen-bond donors (Lipinski definition) is 0. The van der Waals surface area contributed by atoms with Gasteiger partial charge in [0, 0.05) is 28.1 Å². The predicted molar refractivity (Wildman–Crippen MR) is 151 cm³/mol. The fourth-order valence-electron chi connectivity index (χ4n) is 4.24. The zero-order valence-electron chi connectivity index (χ0n) is 21.3. The molecule has 4 rings (SSSR count). The molecule has 2 aromatic carbocycles. The number of aryl methyl sites for hydroxylation is 2. The molecule has 37 heavy (non-hydrogen) atoms. The standard InChI is InChI=1S/C30H29Cl2N3O2/c1-19(8-13-27(32)14-20(2)31)28-16-29(35(33-28)17-23-9-11-24(18-36)12-10-23)25-6-5-7-26(15-25)30-21(3)34-37-22(30)4/h5-12,14-16,18,20H,13,17H2,1-4H3/b19-8+,27-14+. The Morgan fingerprint density at radius 1 is 1.11 bits per heavy atom. The Bertz CT molecular complexity index is 1440. The minimum Gasteiger partial charge on any atom is -0.361 e. The van der Waals surface area contributed by atoms with E-state index in [9.17, 15) is 4.79 Å². The molecule has 1 atom stereocenters. The highest BCUT2D eigenvalue weighted by Gasteiger charge is 2.16. The highest BCUT2D eigenvalue weighted by atomic mass is 35.5. The maximum absolute atomic E-state index is 11.1. The van der Waals surface area contributed by atoms with Gasteiger partial charge in [-0.25, -0.2) is 0 Å². The molecule has 5 nitrogen and oxygen atoms in total. The molecule has 190 valence electrons. The average Bonchev–Trinajstić information content (AvgIpc) is 3.45. The van der Waals surface area contributed by atoms with Crippen LogP contribution in [0.2, 0.25) is 0 Å². The van der Waals surface area contributed by atoms with Crippen molar-refractivity contribution in [1.82, 2.24) is 14.9 Å². The van der Waals surface area contributed by atoms with Gasteiger partial charge in [0.1, 0.15) is 12.0 Å². The highest BCUT2D eigenvalue weighted by Crippen LogP contribution is 2.32. The molecule has 0 fully saturated rings. The van der Waals surface area contributed by atoms with Crippen molar-refractivity contribution in [3.05, 3.63) is 100 Å². The normalized spacial score (nSPS) is 13.1. The topological polar surface area (TPSA) is 60.9 Å². The van der Waals surface area contributed by atoms with Crippen LogP contribution in [0.15, 0.2) is 76.3 Å². The predicted octanol–water partition coefficient (Wildman–Crippen LogP) is 8.23. The van der Waals surface area contributed by atoms with Crippen LogP contribution in [-0.4, -0.2) is 26.6 Å². The minimum absolute atomic E-state index is 0.123. The Balaban J connectivity index is 1.75. The lowest BCUT2D eigenvalue weighted by Crippen LogP contribution is -2.04. The van der Waals surface area contributed by atoms with Gasteiger partial charge in [0.05, 0.1) is 29.0 Å². The van der Waals surface area contributed by atoms with Gasteiger partial charge in [0.15, 0.2) is 0 Å². The molecule has 0 radical (unpaired) electrons. The third-order valence-corrected chi connectivity index (χ3v) is 6.53. The van der Waals surface area contributed by atoms with Crippen LogP contribution in [0.4, 0.5) is 0 Å². The molecular weight excluding hydrogens is 505 g/mol. The van der Waals surface area contributed by atoms with E-state index in [4.69, 9.17) is 32.8 Å². The van der Waals surface area contributed by atoms with Crippen molar-refractivity contribution >= 4 is 35.1 Å². The van der Waals surface area contributed by atoms with Gasteiger partial charge in [-0.05, 0) is 56.5 Å². The Morgan fingerprint density at radius 2 is 1.84 bits per heavy atom. The van der Waals surface area contributed by atoms with Crippen molar-refractivity contribution in [1.29, 1.82) is 0 Å². The Morgan fingerprint density at radius 3 is 2.49 bits per heavy atom. The number of carbonyl (C=O) groups excluding carboxylic acids is 1. The van der Waals surface area contributed by atoms with Crippen molar-refractivity contribution in [3.8, 4) is 22.4 Å². The van der Waals surface area contributed by atoms with E-state index in [2.05, 4.69) is 35.5 Å². The van der Waals surface area contributed by atoms with Crippen LogP contribution in [0.1, 0.15) is 53.3 Å². The molecule has 0 spiro atoms. The lowest BCUT2D eigenvalue weighted by molar-refractivity contribution is 0.112. The second-order valence-corrected chi connectivity index (χ2v) is 10.3. The summed E-state index contributed by atoms with van der Waals surface area (Å²) in [4.78, 5) is 11.1. The van der Waals surface area contributed by atoms with Gasteiger partial charge in [-0.1, -0.05) is 71.4 Å². The molecule has 2 aromatic heterocycles. The summed E-state index contributed by atoms with van der Waals surface area (Å²) in [5, 5.41) is 9.64. The average molecular weight is 534 g/mol. The number of aromatic nitrogens is 3. The van der Waals surface area contributed by atoms with Crippen molar-refractivity contribution in [2.24, 2.45) is 0 Å². The van der Waals surface area contributed by atoms with E-state index in [1.807, 2.05) is 68.8 Å². The monoisotopic (exact) mass is 533 g/mol. The van der Waals surface area contributed by atoms with Crippen molar-refractivity contribution in [3.63, 3.8) is 0 Å². The van der Waals surface area contributed by atoms with Crippen LogP contribution in [0.5, 0.6) is 0 Å². The van der Waals surface area contributed by atoms with E-state index >= 15 is 0 Å². The highest BCUT2D eigenvalue weighted by molar-refractivity contribution is 6.30. The molecule has 2 heterocycles. The Kier molecular flexibility index (Phi) is 8.47. The van der Waals surface area contributed by atoms with Gasteiger partial charge in [0.25, 0.3) is 0 Å². The zero-order valence-corrected chi connectivity index (χ0v) is 22.8. The summed E-state index contributed by atoms with van der Waals surface area (Å²) in [6, 6.07) is 18.0. The van der Waals surface area contributed by atoms with Gasteiger partial charge in [-0.15, -0.1) is 11.6 Å². The van der Waals surface area contributed by atoms with E-state index in [0.29, 0.717) is 23.6 Å². The number of allylic oxidation sites excluding steroid dienone is 4. The second-order valence-electron chi connectivity index (χ2n) is 9.09. The maximum atomic E-state index is 11.1. The van der Waals surface area contributed by atoms with Gasteiger partial charge in [-0.3, -0.25) is 9.48 Å². The first-order chi connectivity index (χ1) is 17.7.